The van der Waals surface area contributed by atoms with Crippen LogP contribution in [-0.4, -0.2) is 92.7 Å². The summed E-state index contributed by atoms with van der Waals surface area (Å²) in [6.45, 7) is 1.75. The van der Waals surface area contributed by atoms with E-state index in [4.69, 9.17) is 0 Å². The molecule has 0 aliphatic carbocycles. The Morgan fingerprint density at radius 3 is 2.58 bits per heavy atom. The van der Waals surface area contributed by atoms with Gasteiger partial charge in [-0.15, -0.1) is 0 Å². The van der Waals surface area contributed by atoms with Gasteiger partial charge < -0.3 is 15.3 Å². The van der Waals surface area contributed by atoms with Crippen molar-refractivity contribution in [3.05, 3.63) is 0 Å². The number of aliphatic hydroxyl groups is 1. The van der Waals surface area contributed by atoms with E-state index in [1.54, 1.807) is 14.1 Å². The predicted octanol–water partition coefficient (Wildman–Crippen LogP) is -2.49. The van der Waals surface area contributed by atoms with Gasteiger partial charge in [0.25, 0.3) is 0 Å². The summed E-state index contributed by atoms with van der Waals surface area (Å²) in [6.07, 6.45) is -0.902. The zero-order valence-corrected chi connectivity index (χ0v) is 12.1. The maximum Gasteiger partial charge on any atom is 0.240 e. The van der Waals surface area contributed by atoms with Crippen LogP contribution in [0.4, 0.5) is 0 Å². The van der Waals surface area contributed by atoms with Crippen LogP contribution < -0.4 is 5.32 Å². The van der Waals surface area contributed by atoms with Gasteiger partial charge in [-0.1, -0.05) is 0 Å². The lowest BCUT2D eigenvalue weighted by atomic mass is 10.1. The fraction of sp³-hybridized carbons (Fsp3) is 0.909. The summed E-state index contributed by atoms with van der Waals surface area (Å²) < 4.78 is 23.2. The van der Waals surface area contributed by atoms with Gasteiger partial charge in [-0.2, -0.15) is 0 Å². The van der Waals surface area contributed by atoms with Crippen LogP contribution in [0.25, 0.3) is 0 Å². The van der Waals surface area contributed by atoms with E-state index in [0.29, 0.717) is 19.6 Å². The third-order valence-corrected chi connectivity index (χ3v) is 5.43. The summed E-state index contributed by atoms with van der Waals surface area (Å²) in [5, 5.41) is 13.1. The van der Waals surface area contributed by atoms with E-state index in [9.17, 15) is 18.3 Å². The molecule has 2 N–H and O–H groups in total. The smallest absolute Gasteiger partial charge is 0.240 e. The molecule has 2 rings (SSSR count). The van der Waals surface area contributed by atoms with Crippen LogP contribution >= 0.6 is 0 Å². The van der Waals surface area contributed by atoms with Gasteiger partial charge in [-0.05, 0) is 0 Å². The van der Waals surface area contributed by atoms with Crippen molar-refractivity contribution in [1.82, 2.24) is 15.1 Å². The van der Waals surface area contributed by atoms with Gasteiger partial charge in [0.1, 0.15) is 6.04 Å². The number of rotatable bonds is 2. The van der Waals surface area contributed by atoms with Crippen LogP contribution in [0.1, 0.15) is 0 Å². The molecule has 2 fully saturated rings. The number of carbonyl (C=O) groups is 1. The van der Waals surface area contributed by atoms with Crippen molar-refractivity contribution in [2.24, 2.45) is 0 Å². The van der Waals surface area contributed by atoms with E-state index in [1.165, 1.54) is 4.90 Å². The Morgan fingerprint density at radius 2 is 2.05 bits per heavy atom. The highest BCUT2D eigenvalue weighted by molar-refractivity contribution is 7.91. The number of hydrogen-bond acceptors (Lipinski definition) is 6. The lowest BCUT2D eigenvalue weighted by molar-refractivity contribution is -0.136. The number of likely N-dealkylation sites (N-methyl/N-ethyl adjacent to an activating group) is 1. The second kappa shape index (κ2) is 5.35. The minimum absolute atomic E-state index is 0.0641. The largest absolute Gasteiger partial charge is 0.390 e. The molecule has 0 saturated carbocycles. The average Bonchev–Trinajstić information content (AvgIpc) is 2.61. The van der Waals surface area contributed by atoms with Crippen LogP contribution in [0, 0.1) is 0 Å². The van der Waals surface area contributed by atoms with E-state index >= 15 is 0 Å². The Morgan fingerprint density at radius 1 is 1.37 bits per heavy atom. The normalized spacial score (nSPS) is 35.2. The Kier molecular flexibility index (Phi) is 4.14. The first-order valence-electron chi connectivity index (χ1n) is 6.38. The average molecular weight is 291 g/mol. The van der Waals surface area contributed by atoms with Gasteiger partial charge >= 0.3 is 0 Å². The molecular formula is C11H21N3O4S. The molecule has 1 amide bonds. The van der Waals surface area contributed by atoms with Crippen LogP contribution in [0.2, 0.25) is 0 Å². The molecule has 3 unspecified atom stereocenters. The zero-order valence-electron chi connectivity index (χ0n) is 11.2. The van der Waals surface area contributed by atoms with Crippen LogP contribution in [-0.2, 0) is 14.6 Å². The van der Waals surface area contributed by atoms with E-state index in [-0.39, 0.29) is 17.4 Å². The van der Waals surface area contributed by atoms with Gasteiger partial charge in [0.05, 0.1) is 23.7 Å². The lowest BCUT2D eigenvalue weighted by Gasteiger charge is -2.40. The number of amides is 1. The van der Waals surface area contributed by atoms with Crippen molar-refractivity contribution in [1.29, 1.82) is 0 Å². The van der Waals surface area contributed by atoms with E-state index in [0.717, 1.165) is 0 Å². The molecular weight excluding hydrogens is 270 g/mol. The van der Waals surface area contributed by atoms with Crippen molar-refractivity contribution in [2.75, 3.05) is 45.2 Å². The maximum absolute atomic E-state index is 12.1. The van der Waals surface area contributed by atoms with Crippen LogP contribution in [0.5, 0.6) is 0 Å². The fourth-order valence-corrected chi connectivity index (χ4v) is 4.58. The summed E-state index contributed by atoms with van der Waals surface area (Å²) in [5.74, 6) is -0.334. The first kappa shape index (κ1) is 14.7. The van der Waals surface area contributed by atoms with Crippen molar-refractivity contribution in [2.45, 2.75) is 18.2 Å². The minimum Gasteiger partial charge on any atom is -0.390 e. The minimum atomic E-state index is -3.20. The molecule has 8 heteroatoms. The molecule has 2 aliphatic rings. The molecule has 19 heavy (non-hydrogen) atoms. The van der Waals surface area contributed by atoms with Gasteiger partial charge in [-0.3, -0.25) is 9.69 Å². The molecule has 2 aliphatic heterocycles. The zero-order chi connectivity index (χ0) is 14.2. The SMILES string of the molecule is CN(C)C(=O)C1CNCCN1C1CS(=O)(=O)CC1O. The van der Waals surface area contributed by atoms with Gasteiger partial charge in [0, 0.05) is 33.7 Å². The second-order valence-electron chi connectivity index (χ2n) is 5.40. The molecule has 0 aromatic rings. The molecule has 0 radical (unpaired) electrons. The number of nitrogens with one attached hydrogen (secondary N) is 1. The number of carbonyl (C=O) groups excluding carboxylic acids is 1. The van der Waals surface area contributed by atoms with Gasteiger partial charge in [0.2, 0.25) is 5.91 Å². The highest BCUT2D eigenvalue weighted by atomic mass is 32.2. The Balaban J connectivity index is 2.18. The summed E-state index contributed by atoms with van der Waals surface area (Å²) in [7, 11) is 0.155. The Bertz CT molecular complexity index is 451. The predicted molar refractivity (Wildman–Crippen MR) is 70.5 cm³/mol. The number of piperazine rings is 1. The monoisotopic (exact) mass is 291 g/mol. The summed E-state index contributed by atoms with van der Waals surface area (Å²) in [4.78, 5) is 15.5. The molecule has 2 heterocycles. The standard InChI is InChI=1S/C11H21N3O4S/c1-13(2)11(16)8-5-12-3-4-14(8)9-6-19(17,18)7-10(9)15/h8-10,12,15H,3-7H2,1-2H3. The summed E-state index contributed by atoms with van der Waals surface area (Å²) in [6, 6.07) is -0.877. The molecule has 3 atom stereocenters. The Labute approximate surface area is 113 Å². The van der Waals surface area contributed by atoms with Crippen molar-refractivity contribution >= 4 is 15.7 Å². The number of sulfone groups is 1. The number of aliphatic hydroxyl groups excluding tert-OH is 1. The molecule has 0 spiro atoms. The first-order valence-corrected chi connectivity index (χ1v) is 8.20. The third kappa shape index (κ3) is 3.07. The first-order chi connectivity index (χ1) is 8.82. The third-order valence-electron chi connectivity index (χ3n) is 3.73. The molecule has 2 saturated heterocycles. The van der Waals surface area contributed by atoms with Crippen LogP contribution in [0.3, 0.4) is 0 Å². The molecule has 0 bridgehead atoms. The van der Waals surface area contributed by atoms with Crippen molar-refractivity contribution in [3.8, 4) is 0 Å². The summed E-state index contributed by atoms with van der Waals surface area (Å²) in [5.41, 5.74) is 0. The molecule has 7 nitrogen and oxygen atoms in total. The fourth-order valence-electron chi connectivity index (χ4n) is 2.77. The Hall–Kier alpha value is -0.700. The van der Waals surface area contributed by atoms with Crippen molar-refractivity contribution in [3.63, 3.8) is 0 Å². The van der Waals surface area contributed by atoms with Crippen molar-refractivity contribution < 1.29 is 18.3 Å². The second-order valence-corrected chi connectivity index (χ2v) is 7.56. The highest BCUT2D eigenvalue weighted by Gasteiger charge is 2.44. The van der Waals surface area contributed by atoms with Crippen LogP contribution in [0.15, 0.2) is 0 Å². The van der Waals surface area contributed by atoms with E-state index in [2.05, 4.69) is 5.32 Å². The number of nitrogens with zero attached hydrogens (tertiary/aromatic N) is 2. The quantitative estimate of drug-likeness (QED) is 0.585. The van der Waals surface area contributed by atoms with E-state index in [1.807, 2.05) is 4.90 Å². The van der Waals surface area contributed by atoms with E-state index < -0.39 is 28.0 Å². The molecule has 110 valence electrons. The number of hydrogen-bond donors (Lipinski definition) is 2. The van der Waals surface area contributed by atoms with Gasteiger partial charge in [0.15, 0.2) is 9.84 Å². The highest BCUT2D eigenvalue weighted by Crippen LogP contribution is 2.22. The molecule has 0 aromatic heterocycles. The molecule has 0 aromatic carbocycles. The van der Waals surface area contributed by atoms with Gasteiger partial charge in [-0.25, -0.2) is 8.42 Å². The lowest BCUT2D eigenvalue weighted by Crippen LogP contribution is -2.62. The summed E-state index contributed by atoms with van der Waals surface area (Å²) >= 11 is 0. The maximum atomic E-state index is 12.1. The topological polar surface area (TPSA) is 90.0 Å².